The Balaban J connectivity index is 0. The molecule has 0 saturated carbocycles. The Labute approximate surface area is 119 Å². The summed E-state index contributed by atoms with van der Waals surface area (Å²) in [7, 11) is -3.32. The number of hydrogen-bond acceptors (Lipinski definition) is 5. The van der Waals surface area contributed by atoms with E-state index in [9.17, 15) is 18.5 Å². The monoisotopic (exact) mass is 274 g/mol. The van der Waals surface area contributed by atoms with Crippen molar-refractivity contribution in [2.75, 3.05) is 7.11 Å². The Morgan fingerprint density at radius 1 is 1.41 bits per heavy atom. The molecule has 3 N–H and O–H groups in total. The van der Waals surface area contributed by atoms with Gasteiger partial charge in [0.05, 0.1) is 18.1 Å². The summed E-state index contributed by atoms with van der Waals surface area (Å²) in [6.07, 6.45) is 0. The predicted octanol–water partition coefficient (Wildman–Crippen LogP) is -0.355. The minimum absolute atomic E-state index is 0. The van der Waals surface area contributed by atoms with Crippen LogP contribution < -0.4 is 4.74 Å². The fourth-order valence-electron chi connectivity index (χ4n) is 0.985. The second kappa shape index (κ2) is 6.89. The zero-order valence-corrected chi connectivity index (χ0v) is 11.9. The van der Waals surface area contributed by atoms with Crippen LogP contribution in [0.5, 0.6) is 5.75 Å². The predicted molar refractivity (Wildman–Crippen MR) is 58.8 cm³/mol. The smallest absolute Gasteiger partial charge is 0.301 e. The molecule has 0 aliphatic rings. The van der Waals surface area contributed by atoms with E-state index in [1.165, 1.54) is 13.2 Å². The van der Waals surface area contributed by atoms with E-state index in [1.54, 1.807) is 0 Å². The molecule has 0 aliphatic heterocycles. The minimum atomic E-state index is -4.60. The van der Waals surface area contributed by atoms with Crippen LogP contribution in [0, 0.1) is 10.1 Å². The van der Waals surface area contributed by atoms with Gasteiger partial charge in [-0.3, -0.25) is 14.7 Å². The van der Waals surface area contributed by atoms with Crippen molar-refractivity contribution in [3.63, 3.8) is 0 Å². The Morgan fingerprint density at radius 2 is 1.94 bits per heavy atom. The first-order valence-corrected chi connectivity index (χ1v) is 5.10. The van der Waals surface area contributed by atoms with Crippen LogP contribution in [0.1, 0.15) is 0 Å². The molecule has 1 radical (unpaired) electrons. The van der Waals surface area contributed by atoms with Crippen molar-refractivity contribution < 1.29 is 28.1 Å². The van der Waals surface area contributed by atoms with Gasteiger partial charge in [0.2, 0.25) is 0 Å². The number of ether oxygens (including phenoxy) is 1. The Bertz CT molecular complexity index is 501. The van der Waals surface area contributed by atoms with E-state index in [0.29, 0.717) is 0 Å². The standard InChI is InChI=1S/C7H7NO6S.Na.H2O/c1-14-5-2-3-7(15(11,12)13)6(4-5)8(9)10;;/h2-4H,1H3,(H,11,12,13);;1H2. The van der Waals surface area contributed by atoms with E-state index < -0.39 is 25.6 Å². The summed E-state index contributed by atoms with van der Waals surface area (Å²) in [5.41, 5.74) is -0.725. The summed E-state index contributed by atoms with van der Waals surface area (Å²) in [6.45, 7) is 0. The molecule has 10 heteroatoms. The largest absolute Gasteiger partial charge is 0.497 e. The summed E-state index contributed by atoms with van der Waals surface area (Å²) < 4.78 is 34.9. The maximum atomic E-state index is 10.8. The second-order valence-electron chi connectivity index (χ2n) is 2.57. The Kier molecular flexibility index (Phi) is 7.56. The van der Waals surface area contributed by atoms with Crippen LogP contribution in [0.25, 0.3) is 0 Å². The number of benzene rings is 1. The van der Waals surface area contributed by atoms with Crippen molar-refractivity contribution in [3.8, 4) is 5.75 Å². The minimum Gasteiger partial charge on any atom is -0.497 e. The molecule has 0 aromatic heterocycles. The van der Waals surface area contributed by atoms with Crippen molar-refractivity contribution in [2.45, 2.75) is 4.90 Å². The average Bonchev–Trinajstić information content (AvgIpc) is 2.15. The second-order valence-corrected chi connectivity index (χ2v) is 3.96. The normalized spacial score (nSPS) is 9.76. The maximum absolute atomic E-state index is 10.8. The quantitative estimate of drug-likeness (QED) is 0.346. The topological polar surface area (TPSA) is 138 Å². The van der Waals surface area contributed by atoms with Gasteiger partial charge in [-0.05, 0) is 12.1 Å². The molecule has 91 valence electrons. The van der Waals surface area contributed by atoms with E-state index in [1.807, 2.05) is 0 Å². The average molecular weight is 274 g/mol. The van der Waals surface area contributed by atoms with Crippen molar-refractivity contribution in [1.82, 2.24) is 0 Å². The third-order valence-electron chi connectivity index (χ3n) is 1.64. The molecule has 1 rings (SSSR count). The molecule has 0 bridgehead atoms. The van der Waals surface area contributed by atoms with Gasteiger partial charge in [0, 0.05) is 29.6 Å². The van der Waals surface area contributed by atoms with Crippen LogP contribution >= 0.6 is 0 Å². The SMILES string of the molecule is COc1ccc(S(=O)(=O)O)c([N+](=O)[O-])c1.O.[Na]. The molecule has 0 spiro atoms. The van der Waals surface area contributed by atoms with Crippen LogP contribution in [-0.2, 0) is 10.1 Å². The number of nitro groups is 1. The molecular formula is C7H9NNaO7S. The molecule has 0 unspecified atom stereocenters. The van der Waals surface area contributed by atoms with E-state index >= 15 is 0 Å². The van der Waals surface area contributed by atoms with Crippen LogP contribution in [0.3, 0.4) is 0 Å². The molecule has 0 atom stereocenters. The first-order chi connectivity index (χ1) is 6.86. The molecule has 17 heavy (non-hydrogen) atoms. The van der Waals surface area contributed by atoms with Crippen molar-refractivity contribution in [3.05, 3.63) is 28.3 Å². The van der Waals surface area contributed by atoms with Gasteiger partial charge in [0.25, 0.3) is 5.69 Å². The summed E-state index contributed by atoms with van der Waals surface area (Å²) in [5.74, 6) is 0.133. The van der Waals surface area contributed by atoms with Gasteiger partial charge in [-0.15, -0.1) is 0 Å². The van der Waals surface area contributed by atoms with Gasteiger partial charge >= 0.3 is 10.1 Å². The Morgan fingerprint density at radius 3 is 2.29 bits per heavy atom. The zero-order chi connectivity index (χ0) is 11.6. The van der Waals surface area contributed by atoms with Gasteiger partial charge in [0.15, 0.2) is 4.90 Å². The van der Waals surface area contributed by atoms with Crippen LogP contribution in [0.2, 0.25) is 0 Å². The first kappa shape index (κ1) is 18.6. The summed E-state index contributed by atoms with van der Waals surface area (Å²) in [4.78, 5) is 8.84. The fourth-order valence-corrected chi connectivity index (χ4v) is 1.62. The van der Waals surface area contributed by atoms with E-state index in [0.717, 1.165) is 12.1 Å². The number of rotatable bonds is 3. The summed E-state index contributed by atoms with van der Waals surface area (Å²) >= 11 is 0. The van der Waals surface area contributed by atoms with Gasteiger partial charge in [-0.25, -0.2) is 0 Å². The maximum Gasteiger partial charge on any atom is 0.301 e. The third-order valence-corrected chi connectivity index (χ3v) is 2.54. The van der Waals surface area contributed by atoms with E-state index in [2.05, 4.69) is 0 Å². The summed E-state index contributed by atoms with van der Waals surface area (Å²) in [6, 6.07) is 3.03. The van der Waals surface area contributed by atoms with Gasteiger partial charge in [0.1, 0.15) is 5.75 Å². The van der Waals surface area contributed by atoms with Crippen LogP contribution in [0.4, 0.5) is 5.69 Å². The Hall–Kier alpha value is -0.710. The van der Waals surface area contributed by atoms with E-state index in [4.69, 9.17) is 9.29 Å². The molecule has 0 heterocycles. The van der Waals surface area contributed by atoms with Crippen LogP contribution in [0.15, 0.2) is 23.1 Å². The molecule has 0 aliphatic carbocycles. The van der Waals surface area contributed by atoms with E-state index in [-0.39, 0.29) is 40.8 Å². The molecule has 0 amide bonds. The van der Waals surface area contributed by atoms with Gasteiger partial charge in [-0.1, -0.05) is 0 Å². The molecular weight excluding hydrogens is 265 g/mol. The molecule has 0 fully saturated rings. The number of nitrogens with zero attached hydrogens (tertiary/aromatic N) is 1. The molecule has 1 aromatic carbocycles. The van der Waals surface area contributed by atoms with Crippen molar-refractivity contribution in [1.29, 1.82) is 0 Å². The number of methoxy groups -OCH3 is 1. The molecule has 1 aromatic rings. The van der Waals surface area contributed by atoms with Crippen molar-refractivity contribution in [2.24, 2.45) is 0 Å². The number of hydrogen-bond donors (Lipinski definition) is 1. The third kappa shape index (κ3) is 4.58. The molecule has 8 nitrogen and oxygen atoms in total. The van der Waals surface area contributed by atoms with Crippen LogP contribution in [-0.4, -0.2) is 60.0 Å². The fraction of sp³-hybridized carbons (Fsp3) is 0.143. The van der Waals surface area contributed by atoms with Gasteiger partial charge < -0.3 is 10.2 Å². The number of nitro benzene ring substituents is 1. The molecule has 0 saturated heterocycles. The van der Waals surface area contributed by atoms with Crippen molar-refractivity contribution >= 4 is 45.4 Å². The summed E-state index contributed by atoms with van der Waals surface area (Å²) in [5, 5.41) is 10.5. The first-order valence-electron chi connectivity index (χ1n) is 3.66. The van der Waals surface area contributed by atoms with Gasteiger partial charge in [-0.2, -0.15) is 8.42 Å². The zero-order valence-electron chi connectivity index (χ0n) is 9.08.